The molecule has 0 bridgehead atoms. The van der Waals surface area contributed by atoms with Crippen molar-refractivity contribution in [1.29, 1.82) is 0 Å². The number of thiophene rings is 1. The zero-order valence-electron chi connectivity index (χ0n) is 8.31. The molecule has 0 spiro atoms. The summed E-state index contributed by atoms with van der Waals surface area (Å²) >= 11 is 2.06. The molecule has 0 radical (unpaired) electrons. The largest absolute Gasteiger partial charge is 0.316 e. The molecule has 0 aromatic carbocycles. The molecule has 0 atom stereocenters. The van der Waals surface area contributed by atoms with Crippen molar-refractivity contribution in [3.63, 3.8) is 0 Å². The van der Waals surface area contributed by atoms with Gasteiger partial charge < -0.3 is 5.32 Å². The van der Waals surface area contributed by atoms with Gasteiger partial charge in [0.2, 0.25) is 0 Å². The van der Waals surface area contributed by atoms with Crippen LogP contribution in [-0.4, -0.2) is 13.1 Å². The lowest BCUT2D eigenvalue weighted by Gasteiger charge is -2.07. The minimum absolute atomic E-state index is 1.17. The van der Waals surface area contributed by atoms with E-state index < -0.39 is 0 Å². The first-order valence-electron chi connectivity index (χ1n) is 5.43. The normalized spacial score (nSPS) is 20.0. The van der Waals surface area contributed by atoms with Crippen LogP contribution in [0.2, 0.25) is 0 Å². The number of fused-ring (bicyclic) bond motifs is 3. The van der Waals surface area contributed by atoms with Crippen LogP contribution in [0.1, 0.15) is 20.9 Å². The molecule has 1 N–H and O–H groups in total. The van der Waals surface area contributed by atoms with Crippen LogP contribution >= 0.6 is 11.3 Å². The van der Waals surface area contributed by atoms with E-state index in [2.05, 4.69) is 28.8 Å². The monoisotopic (exact) mass is 205 g/mol. The van der Waals surface area contributed by atoms with Crippen LogP contribution < -0.4 is 5.32 Å². The second-order valence-corrected chi connectivity index (χ2v) is 5.22. The van der Waals surface area contributed by atoms with E-state index in [1.165, 1.54) is 38.8 Å². The van der Waals surface area contributed by atoms with E-state index in [0.717, 1.165) is 0 Å². The summed E-state index contributed by atoms with van der Waals surface area (Å²) in [5.74, 6) is 0. The maximum absolute atomic E-state index is 3.48. The Labute approximate surface area is 88.8 Å². The molecular formula is C12H15NS. The smallest absolute Gasteiger partial charge is 0.0124 e. The Morgan fingerprint density at radius 1 is 0.929 bits per heavy atom. The predicted molar refractivity (Wildman–Crippen MR) is 61.1 cm³/mol. The highest BCUT2D eigenvalue weighted by molar-refractivity contribution is 7.12. The van der Waals surface area contributed by atoms with E-state index in [9.17, 15) is 0 Å². The van der Waals surface area contributed by atoms with E-state index >= 15 is 0 Å². The Morgan fingerprint density at radius 3 is 2.79 bits per heavy atom. The van der Waals surface area contributed by atoms with E-state index in [1.807, 2.05) is 0 Å². The summed E-state index contributed by atoms with van der Waals surface area (Å²) in [7, 11) is 0. The average molecular weight is 205 g/mol. The lowest BCUT2D eigenvalue weighted by molar-refractivity contribution is 0.710. The molecule has 0 fully saturated rings. The first-order valence-corrected chi connectivity index (χ1v) is 6.25. The minimum atomic E-state index is 1.17. The molecule has 2 heterocycles. The molecule has 0 amide bonds. The number of rotatable bonds is 0. The van der Waals surface area contributed by atoms with Gasteiger partial charge in [0.25, 0.3) is 0 Å². The molecule has 14 heavy (non-hydrogen) atoms. The molecule has 2 heteroatoms. The number of nitrogens with one attached hydrogen (secondary N) is 1. The Kier molecular flexibility index (Phi) is 2.18. The number of allylic oxidation sites excluding steroid dienone is 2. The molecule has 1 aromatic heterocycles. The molecule has 1 aliphatic heterocycles. The Balaban J connectivity index is 2.06. The summed E-state index contributed by atoms with van der Waals surface area (Å²) in [6, 6.07) is 0. The summed E-state index contributed by atoms with van der Waals surface area (Å²) < 4.78 is 0. The predicted octanol–water partition coefficient (Wildman–Crippen LogP) is 2.09. The van der Waals surface area contributed by atoms with Gasteiger partial charge in [0.15, 0.2) is 0 Å². The van der Waals surface area contributed by atoms with Crippen LogP contribution in [0.5, 0.6) is 0 Å². The fraction of sp³-hybridized carbons (Fsp3) is 0.500. The molecule has 3 rings (SSSR count). The molecule has 0 unspecified atom stereocenters. The van der Waals surface area contributed by atoms with E-state index in [1.54, 1.807) is 20.9 Å². The van der Waals surface area contributed by atoms with Crippen molar-refractivity contribution in [1.82, 2.24) is 5.32 Å². The van der Waals surface area contributed by atoms with Crippen LogP contribution in [0.3, 0.4) is 0 Å². The van der Waals surface area contributed by atoms with Gasteiger partial charge in [-0.25, -0.2) is 0 Å². The first kappa shape index (κ1) is 8.69. The summed E-state index contributed by atoms with van der Waals surface area (Å²) in [4.78, 5) is 3.29. The molecular weight excluding hydrogens is 190 g/mol. The van der Waals surface area contributed by atoms with E-state index in [-0.39, 0.29) is 0 Å². The Bertz CT molecular complexity index is 376. The van der Waals surface area contributed by atoms with Crippen molar-refractivity contribution in [3.8, 4) is 0 Å². The summed E-state index contributed by atoms with van der Waals surface area (Å²) in [5, 5.41) is 3.48. The number of hydrogen-bond acceptors (Lipinski definition) is 2. The van der Waals surface area contributed by atoms with Gasteiger partial charge in [-0.15, -0.1) is 11.3 Å². The second-order valence-electron chi connectivity index (χ2n) is 4.04. The summed E-state index contributed by atoms with van der Waals surface area (Å²) in [6.45, 7) is 2.33. The molecule has 0 saturated carbocycles. The summed E-state index contributed by atoms with van der Waals surface area (Å²) in [5.41, 5.74) is 3.34. The van der Waals surface area contributed by atoms with Crippen molar-refractivity contribution in [3.05, 3.63) is 33.0 Å². The SMILES string of the molecule is C1=CCc2c(sc3c2CCNCC3)C1. The van der Waals surface area contributed by atoms with Crippen LogP contribution in [0.25, 0.3) is 0 Å². The Morgan fingerprint density at radius 2 is 1.79 bits per heavy atom. The third kappa shape index (κ3) is 1.33. The van der Waals surface area contributed by atoms with Crippen LogP contribution in [0.15, 0.2) is 12.2 Å². The van der Waals surface area contributed by atoms with Gasteiger partial charge >= 0.3 is 0 Å². The fourth-order valence-electron chi connectivity index (χ4n) is 2.43. The van der Waals surface area contributed by atoms with Gasteiger partial charge in [-0.2, -0.15) is 0 Å². The molecule has 1 nitrogen and oxygen atoms in total. The van der Waals surface area contributed by atoms with Gasteiger partial charge in [-0.3, -0.25) is 0 Å². The molecule has 0 saturated heterocycles. The average Bonchev–Trinajstić information content (AvgIpc) is 2.42. The number of hydrogen-bond donors (Lipinski definition) is 1. The quantitative estimate of drug-likeness (QED) is 0.640. The molecule has 2 aliphatic rings. The van der Waals surface area contributed by atoms with E-state index in [0.29, 0.717) is 0 Å². The van der Waals surface area contributed by atoms with Crippen molar-refractivity contribution in [2.45, 2.75) is 25.7 Å². The van der Waals surface area contributed by atoms with E-state index in [4.69, 9.17) is 0 Å². The van der Waals surface area contributed by atoms with Crippen LogP contribution in [-0.2, 0) is 25.7 Å². The van der Waals surface area contributed by atoms with Crippen LogP contribution in [0.4, 0.5) is 0 Å². The standard InChI is InChI=1S/C12H15NS/c1-2-4-11-9(3-1)10-5-7-13-8-6-12(10)14-11/h1-2,13H,3-8H2. The lowest BCUT2D eigenvalue weighted by Crippen LogP contribution is -2.16. The molecule has 74 valence electrons. The van der Waals surface area contributed by atoms with Crippen molar-refractivity contribution in [2.75, 3.05) is 13.1 Å². The van der Waals surface area contributed by atoms with Crippen molar-refractivity contribution in [2.24, 2.45) is 0 Å². The zero-order valence-corrected chi connectivity index (χ0v) is 9.12. The van der Waals surface area contributed by atoms with Gasteiger partial charge in [0.05, 0.1) is 0 Å². The lowest BCUT2D eigenvalue weighted by atomic mass is 9.98. The third-order valence-electron chi connectivity index (χ3n) is 3.16. The second kappa shape index (κ2) is 3.52. The maximum atomic E-state index is 3.48. The van der Waals surface area contributed by atoms with Gasteiger partial charge in [-0.05, 0) is 43.5 Å². The fourth-order valence-corrected chi connectivity index (χ4v) is 3.79. The third-order valence-corrected chi connectivity index (χ3v) is 4.51. The van der Waals surface area contributed by atoms with Gasteiger partial charge in [-0.1, -0.05) is 12.2 Å². The molecule has 1 aliphatic carbocycles. The summed E-state index contributed by atoms with van der Waals surface area (Å²) in [6.07, 6.45) is 9.49. The minimum Gasteiger partial charge on any atom is -0.316 e. The zero-order chi connectivity index (χ0) is 9.38. The highest BCUT2D eigenvalue weighted by atomic mass is 32.1. The van der Waals surface area contributed by atoms with Gasteiger partial charge in [0, 0.05) is 16.2 Å². The molecule has 1 aromatic rings. The van der Waals surface area contributed by atoms with Crippen molar-refractivity contribution >= 4 is 11.3 Å². The van der Waals surface area contributed by atoms with Gasteiger partial charge in [0.1, 0.15) is 0 Å². The highest BCUT2D eigenvalue weighted by Gasteiger charge is 2.19. The van der Waals surface area contributed by atoms with Crippen LogP contribution in [0, 0.1) is 0 Å². The highest BCUT2D eigenvalue weighted by Crippen LogP contribution is 2.33. The topological polar surface area (TPSA) is 12.0 Å². The Hall–Kier alpha value is -0.600. The van der Waals surface area contributed by atoms with Crippen molar-refractivity contribution < 1.29 is 0 Å². The first-order chi connectivity index (χ1) is 6.95. The maximum Gasteiger partial charge on any atom is 0.0124 e.